The molecule has 1 aromatic heterocycles. The molecule has 14 heavy (non-hydrogen) atoms. The lowest BCUT2D eigenvalue weighted by atomic mass is 10.2. The van der Waals surface area contributed by atoms with Crippen molar-refractivity contribution in [2.75, 3.05) is 7.11 Å². The standard InChI is InChI=1S/C10H9BrOS2/c1-12-7-2-6-3-8(5-11)14-10(6)9(13)4-7/h2-4,13H,5H2,1H3. The van der Waals surface area contributed by atoms with Crippen LogP contribution in [0, 0.1) is 0 Å². The van der Waals surface area contributed by atoms with Crippen LogP contribution in [-0.2, 0) is 5.33 Å². The highest BCUT2D eigenvalue weighted by atomic mass is 79.9. The monoisotopic (exact) mass is 288 g/mol. The SMILES string of the molecule is COc1cc(S)c2sc(CBr)cc2c1. The largest absolute Gasteiger partial charge is 0.497 e. The molecule has 74 valence electrons. The van der Waals surface area contributed by atoms with Crippen molar-refractivity contribution in [2.24, 2.45) is 0 Å². The summed E-state index contributed by atoms with van der Waals surface area (Å²) in [5, 5.41) is 2.09. The van der Waals surface area contributed by atoms with Crippen LogP contribution in [0.3, 0.4) is 0 Å². The van der Waals surface area contributed by atoms with E-state index in [0.717, 1.165) is 16.0 Å². The van der Waals surface area contributed by atoms with Crippen LogP contribution in [0.5, 0.6) is 5.75 Å². The second-order valence-electron chi connectivity index (χ2n) is 2.91. The Morgan fingerprint density at radius 1 is 1.43 bits per heavy atom. The van der Waals surface area contributed by atoms with E-state index in [-0.39, 0.29) is 0 Å². The molecule has 0 spiro atoms. The van der Waals surface area contributed by atoms with Gasteiger partial charge in [-0.25, -0.2) is 0 Å². The van der Waals surface area contributed by atoms with Crippen molar-refractivity contribution >= 4 is 50.0 Å². The Morgan fingerprint density at radius 3 is 2.86 bits per heavy atom. The zero-order valence-electron chi connectivity index (χ0n) is 7.58. The van der Waals surface area contributed by atoms with Crippen molar-refractivity contribution in [3.63, 3.8) is 0 Å². The Morgan fingerprint density at radius 2 is 2.21 bits per heavy atom. The zero-order valence-corrected chi connectivity index (χ0v) is 10.9. The number of rotatable bonds is 2. The molecule has 0 radical (unpaired) electrons. The number of fused-ring (bicyclic) bond motifs is 1. The van der Waals surface area contributed by atoms with Gasteiger partial charge in [0.05, 0.1) is 7.11 Å². The van der Waals surface area contributed by atoms with Crippen molar-refractivity contribution in [2.45, 2.75) is 10.2 Å². The number of ether oxygens (including phenoxy) is 1. The van der Waals surface area contributed by atoms with Crippen LogP contribution in [0.25, 0.3) is 10.1 Å². The number of thiol groups is 1. The van der Waals surface area contributed by atoms with Gasteiger partial charge in [0.15, 0.2) is 0 Å². The van der Waals surface area contributed by atoms with Gasteiger partial charge in [-0.2, -0.15) is 0 Å². The zero-order chi connectivity index (χ0) is 10.1. The maximum absolute atomic E-state index is 5.19. The molecule has 0 aliphatic rings. The summed E-state index contributed by atoms with van der Waals surface area (Å²) in [5.74, 6) is 0.862. The lowest BCUT2D eigenvalue weighted by molar-refractivity contribution is 0.414. The number of halogens is 1. The van der Waals surface area contributed by atoms with E-state index < -0.39 is 0 Å². The van der Waals surface area contributed by atoms with Crippen LogP contribution < -0.4 is 4.74 Å². The number of hydrogen-bond acceptors (Lipinski definition) is 3. The highest BCUT2D eigenvalue weighted by molar-refractivity contribution is 9.08. The summed E-state index contributed by atoms with van der Waals surface area (Å²) in [7, 11) is 1.67. The summed E-state index contributed by atoms with van der Waals surface area (Å²) in [6.07, 6.45) is 0. The summed E-state index contributed by atoms with van der Waals surface area (Å²) in [6, 6.07) is 6.15. The van der Waals surface area contributed by atoms with E-state index in [9.17, 15) is 0 Å². The van der Waals surface area contributed by atoms with Crippen molar-refractivity contribution in [3.8, 4) is 5.75 Å². The number of hydrogen-bond donors (Lipinski definition) is 1. The normalized spacial score (nSPS) is 10.8. The molecule has 0 aliphatic heterocycles. The first-order chi connectivity index (χ1) is 6.74. The van der Waals surface area contributed by atoms with E-state index in [1.165, 1.54) is 15.0 Å². The Bertz CT molecular complexity index is 464. The van der Waals surface area contributed by atoms with Gasteiger partial charge in [-0.3, -0.25) is 0 Å². The molecule has 0 N–H and O–H groups in total. The first-order valence-corrected chi connectivity index (χ1v) is 6.48. The first-order valence-electron chi connectivity index (χ1n) is 4.10. The number of thiophene rings is 1. The average Bonchev–Trinajstić information content (AvgIpc) is 2.61. The first kappa shape index (κ1) is 10.3. The van der Waals surface area contributed by atoms with Crippen molar-refractivity contribution in [3.05, 3.63) is 23.1 Å². The molecule has 0 amide bonds. The molecule has 1 nitrogen and oxygen atoms in total. The smallest absolute Gasteiger partial charge is 0.120 e. The molecule has 0 bridgehead atoms. The van der Waals surface area contributed by atoms with Crippen LogP contribution >= 0.6 is 39.9 Å². The van der Waals surface area contributed by atoms with Crippen LogP contribution in [0.2, 0.25) is 0 Å². The predicted octanol–water partition coefficient (Wildman–Crippen LogP) is 4.09. The summed E-state index contributed by atoms with van der Waals surface area (Å²) in [6.45, 7) is 0. The minimum Gasteiger partial charge on any atom is -0.497 e. The summed E-state index contributed by atoms with van der Waals surface area (Å²) < 4.78 is 6.42. The van der Waals surface area contributed by atoms with Crippen molar-refractivity contribution in [1.82, 2.24) is 0 Å². The lowest BCUT2D eigenvalue weighted by Gasteiger charge is -2.01. The molecule has 1 heterocycles. The maximum Gasteiger partial charge on any atom is 0.120 e. The number of methoxy groups -OCH3 is 1. The third kappa shape index (κ3) is 1.78. The van der Waals surface area contributed by atoms with Gasteiger partial charge in [0, 0.05) is 19.8 Å². The third-order valence-electron chi connectivity index (χ3n) is 1.99. The molecule has 0 atom stereocenters. The van der Waals surface area contributed by atoms with Crippen LogP contribution in [0.15, 0.2) is 23.1 Å². The molecular formula is C10H9BrOS2. The van der Waals surface area contributed by atoms with E-state index in [1.54, 1.807) is 18.4 Å². The fourth-order valence-corrected chi connectivity index (χ4v) is 3.15. The minimum absolute atomic E-state index is 0.862. The average molecular weight is 289 g/mol. The van der Waals surface area contributed by atoms with Gasteiger partial charge in [-0.05, 0) is 23.6 Å². The summed E-state index contributed by atoms with van der Waals surface area (Å²) in [5.41, 5.74) is 0. The van der Waals surface area contributed by atoms with Gasteiger partial charge < -0.3 is 4.74 Å². The Kier molecular flexibility index (Phi) is 3.04. The van der Waals surface area contributed by atoms with E-state index in [1.807, 2.05) is 12.1 Å². The van der Waals surface area contributed by atoms with Gasteiger partial charge in [0.2, 0.25) is 0 Å². The topological polar surface area (TPSA) is 9.23 Å². The van der Waals surface area contributed by atoms with E-state index in [0.29, 0.717) is 0 Å². The highest BCUT2D eigenvalue weighted by Gasteiger charge is 2.06. The maximum atomic E-state index is 5.19. The quantitative estimate of drug-likeness (QED) is 0.647. The van der Waals surface area contributed by atoms with Gasteiger partial charge in [-0.1, -0.05) is 15.9 Å². The lowest BCUT2D eigenvalue weighted by Crippen LogP contribution is -1.81. The molecule has 4 heteroatoms. The third-order valence-corrected chi connectivity index (χ3v) is 4.65. The van der Waals surface area contributed by atoms with E-state index in [2.05, 4.69) is 34.6 Å². The number of benzene rings is 1. The Hall–Kier alpha value is -0.190. The van der Waals surface area contributed by atoms with Crippen LogP contribution in [0.1, 0.15) is 4.88 Å². The van der Waals surface area contributed by atoms with Gasteiger partial charge in [0.1, 0.15) is 5.75 Å². The van der Waals surface area contributed by atoms with Crippen molar-refractivity contribution in [1.29, 1.82) is 0 Å². The van der Waals surface area contributed by atoms with Crippen molar-refractivity contribution < 1.29 is 4.74 Å². The Labute approximate surface area is 101 Å². The highest BCUT2D eigenvalue weighted by Crippen LogP contribution is 2.35. The molecule has 0 saturated carbocycles. The molecule has 2 rings (SSSR count). The van der Waals surface area contributed by atoms with E-state index in [4.69, 9.17) is 4.74 Å². The second kappa shape index (κ2) is 4.13. The minimum atomic E-state index is 0.862. The van der Waals surface area contributed by atoms with Gasteiger partial charge in [-0.15, -0.1) is 24.0 Å². The molecule has 0 aliphatic carbocycles. The van der Waals surface area contributed by atoms with Gasteiger partial charge >= 0.3 is 0 Å². The molecular weight excluding hydrogens is 280 g/mol. The summed E-state index contributed by atoms with van der Waals surface area (Å²) in [4.78, 5) is 2.29. The molecule has 1 aromatic carbocycles. The predicted molar refractivity (Wildman–Crippen MR) is 68.3 cm³/mol. The molecule has 0 fully saturated rings. The van der Waals surface area contributed by atoms with E-state index >= 15 is 0 Å². The fourth-order valence-electron chi connectivity index (χ4n) is 1.34. The van der Waals surface area contributed by atoms with Crippen LogP contribution in [0.4, 0.5) is 0 Å². The molecule has 0 saturated heterocycles. The Balaban J connectivity index is 2.67. The molecule has 0 unspecified atom stereocenters. The van der Waals surface area contributed by atoms with Gasteiger partial charge in [0.25, 0.3) is 0 Å². The fraction of sp³-hybridized carbons (Fsp3) is 0.200. The van der Waals surface area contributed by atoms with Crippen LogP contribution in [-0.4, -0.2) is 7.11 Å². The number of alkyl halides is 1. The second-order valence-corrected chi connectivity index (χ2v) is 5.09. The molecule has 2 aromatic rings. The summed E-state index contributed by atoms with van der Waals surface area (Å²) >= 11 is 9.66.